The highest BCUT2D eigenvalue weighted by atomic mass is 35.5. The van der Waals surface area contributed by atoms with E-state index in [0.29, 0.717) is 5.02 Å². The Hall–Kier alpha value is -1.32. The van der Waals surface area contributed by atoms with E-state index in [1.807, 2.05) is 18.2 Å². The van der Waals surface area contributed by atoms with Crippen LogP contribution in [0.15, 0.2) is 47.4 Å². The lowest BCUT2D eigenvalue weighted by Crippen LogP contribution is -1.96. The van der Waals surface area contributed by atoms with Crippen molar-refractivity contribution in [3.8, 4) is 11.1 Å². The summed E-state index contributed by atoms with van der Waals surface area (Å²) >= 11 is 6.09. The van der Waals surface area contributed by atoms with Crippen LogP contribution in [0.5, 0.6) is 0 Å². The van der Waals surface area contributed by atoms with E-state index in [0.717, 1.165) is 17.4 Å². The van der Waals surface area contributed by atoms with Gasteiger partial charge in [-0.1, -0.05) is 41.9 Å². The molecule has 0 aliphatic carbocycles. The molecule has 0 amide bonds. The first-order chi connectivity index (χ1) is 7.98. The van der Waals surface area contributed by atoms with E-state index in [2.05, 4.69) is 6.07 Å². The van der Waals surface area contributed by atoms with Gasteiger partial charge in [-0.3, -0.25) is 0 Å². The Bertz CT molecular complexity index is 634. The van der Waals surface area contributed by atoms with E-state index in [1.54, 1.807) is 18.2 Å². The molecule has 2 aromatic rings. The van der Waals surface area contributed by atoms with Crippen molar-refractivity contribution in [1.82, 2.24) is 0 Å². The van der Waals surface area contributed by atoms with Gasteiger partial charge in [-0.15, -0.1) is 0 Å². The second kappa shape index (κ2) is 4.51. The van der Waals surface area contributed by atoms with E-state index in [1.165, 1.54) is 6.07 Å². The summed E-state index contributed by atoms with van der Waals surface area (Å²) in [7, 11) is -3.22. The summed E-state index contributed by atoms with van der Waals surface area (Å²) in [6.07, 6.45) is 1.16. The Morgan fingerprint density at radius 3 is 2.47 bits per heavy atom. The first kappa shape index (κ1) is 12.1. The van der Waals surface area contributed by atoms with Gasteiger partial charge in [-0.05, 0) is 23.8 Å². The van der Waals surface area contributed by atoms with Crippen LogP contribution < -0.4 is 0 Å². The van der Waals surface area contributed by atoms with Gasteiger partial charge in [0.25, 0.3) is 0 Å². The molecule has 0 bridgehead atoms. The maximum Gasteiger partial charge on any atom is 0.175 e. The minimum absolute atomic E-state index is 0.224. The van der Waals surface area contributed by atoms with Crippen molar-refractivity contribution in [3.63, 3.8) is 0 Å². The predicted molar refractivity (Wildman–Crippen MR) is 68.8 cm³/mol. The predicted octanol–water partition coefficient (Wildman–Crippen LogP) is 3.21. The molecule has 0 saturated heterocycles. The minimum atomic E-state index is -3.22. The lowest BCUT2D eigenvalue weighted by molar-refractivity contribution is 0.602. The quantitative estimate of drug-likeness (QED) is 0.836. The number of rotatable bonds is 2. The molecule has 4 heteroatoms. The van der Waals surface area contributed by atoms with Crippen LogP contribution in [-0.2, 0) is 9.84 Å². The zero-order valence-electron chi connectivity index (χ0n) is 9.14. The Morgan fingerprint density at radius 2 is 1.94 bits per heavy atom. The summed E-state index contributed by atoms with van der Waals surface area (Å²) in [4.78, 5) is 0.224. The van der Waals surface area contributed by atoms with Crippen molar-refractivity contribution >= 4 is 21.4 Å². The Kier molecular flexibility index (Phi) is 3.22. The van der Waals surface area contributed by atoms with Crippen molar-refractivity contribution < 1.29 is 8.42 Å². The zero-order chi connectivity index (χ0) is 12.5. The fourth-order valence-corrected chi connectivity index (χ4v) is 2.50. The van der Waals surface area contributed by atoms with Gasteiger partial charge in [0.15, 0.2) is 9.84 Å². The molecule has 0 unspecified atom stereocenters. The first-order valence-electron chi connectivity index (χ1n) is 4.95. The maximum absolute atomic E-state index is 11.4. The summed E-state index contributed by atoms with van der Waals surface area (Å²) in [5.41, 5.74) is 1.62. The third-order valence-corrected chi connectivity index (χ3v) is 3.79. The molecule has 87 valence electrons. The van der Waals surface area contributed by atoms with Gasteiger partial charge < -0.3 is 0 Å². The van der Waals surface area contributed by atoms with Crippen molar-refractivity contribution in [2.45, 2.75) is 4.90 Å². The van der Waals surface area contributed by atoms with Crippen molar-refractivity contribution in [1.29, 1.82) is 0 Å². The van der Waals surface area contributed by atoms with Crippen molar-refractivity contribution in [2.24, 2.45) is 0 Å². The van der Waals surface area contributed by atoms with Gasteiger partial charge in [-0.25, -0.2) is 8.42 Å². The number of hydrogen-bond acceptors (Lipinski definition) is 2. The van der Waals surface area contributed by atoms with Crippen molar-refractivity contribution in [2.75, 3.05) is 6.26 Å². The average molecular weight is 266 g/mol. The molecule has 0 N–H and O–H groups in total. The lowest BCUT2D eigenvalue weighted by Gasteiger charge is -2.06. The minimum Gasteiger partial charge on any atom is -0.224 e. The van der Waals surface area contributed by atoms with Crippen LogP contribution >= 0.6 is 11.6 Å². The van der Waals surface area contributed by atoms with Crippen LogP contribution in [0.25, 0.3) is 11.1 Å². The summed E-state index contributed by atoms with van der Waals surface area (Å²) in [6.45, 7) is 0. The molecule has 0 heterocycles. The molecule has 17 heavy (non-hydrogen) atoms. The molecule has 0 saturated carbocycles. The number of hydrogen-bond donors (Lipinski definition) is 0. The van der Waals surface area contributed by atoms with Gasteiger partial charge in [0, 0.05) is 16.8 Å². The van der Waals surface area contributed by atoms with E-state index >= 15 is 0 Å². The van der Waals surface area contributed by atoms with Gasteiger partial charge in [-0.2, -0.15) is 0 Å². The molecule has 0 aliphatic heterocycles. The Morgan fingerprint density at radius 1 is 1.18 bits per heavy atom. The van der Waals surface area contributed by atoms with Gasteiger partial charge >= 0.3 is 0 Å². The van der Waals surface area contributed by atoms with Crippen LogP contribution in [0, 0.1) is 6.07 Å². The van der Waals surface area contributed by atoms with E-state index in [4.69, 9.17) is 11.6 Å². The Balaban J connectivity index is 2.54. The summed E-state index contributed by atoms with van der Waals surface area (Å²) in [6, 6.07) is 15.2. The molecule has 2 aromatic carbocycles. The molecule has 1 radical (unpaired) electrons. The third-order valence-electron chi connectivity index (χ3n) is 2.37. The monoisotopic (exact) mass is 265 g/mol. The zero-order valence-corrected chi connectivity index (χ0v) is 10.7. The number of benzene rings is 2. The molecule has 2 nitrogen and oxygen atoms in total. The highest BCUT2D eigenvalue weighted by molar-refractivity contribution is 7.90. The lowest BCUT2D eigenvalue weighted by atomic mass is 10.1. The molecule has 0 fully saturated rings. The van der Waals surface area contributed by atoms with Crippen LogP contribution in [0.2, 0.25) is 5.02 Å². The smallest absolute Gasteiger partial charge is 0.175 e. The van der Waals surface area contributed by atoms with Crippen LogP contribution in [0.1, 0.15) is 0 Å². The van der Waals surface area contributed by atoms with E-state index in [9.17, 15) is 8.42 Å². The highest BCUT2D eigenvalue weighted by Gasteiger charge is 2.10. The molecule has 0 aliphatic rings. The first-order valence-corrected chi connectivity index (χ1v) is 7.22. The molecule has 0 aromatic heterocycles. The maximum atomic E-state index is 11.4. The van der Waals surface area contributed by atoms with E-state index < -0.39 is 9.84 Å². The second-order valence-corrected chi connectivity index (χ2v) is 6.11. The largest absolute Gasteiger partial charge is 0.224 e. The summed E-state index contributed by atoms with van der Waals surface area (Å²) in [5, 5.41) is 0.412. The highest BCUT2D eigenvalue weighted by Crippen LogP contribution is 2.29. The third kappa shape index (κ3) is 2.68. The standard InChI is InChI=1S/C13H10ClO2S/c1-17(15,16)11-7-8-12(13(14)9-11)10-5-3-2-4-6-10/h2-5,7-9H,1H3. The average Bonchev–Trinajstić information content (AvgIpc) is 2.29. The molecule has 0 spiro atoms. The summed E-state index contributed by atoms with van der Waals surface area (Å²) in [5.74, 6) is 0. The summed E-state index contributed by atoms with van der Waals surface area (Å²) < 4.78 is 22.7. The van der Waals surface area contributed by atoms with Gasteiger partial charge in [0.05, 0.1) is 4.90 Å². The number of halogens is 1. The topological polar surface area (TPSA) is 34.1 Å². The Labute approximate surface area is 106 Å². The van der Waals surface area contributed by atoms with Crippen molar-refractivity contribution in [3.05, 3.63) is 53.6 Å². The molecular weight excluding hydrogens is 256 g/mol. The fraction of sp³-hybridized carbons (Fsp3) is 0.0769. The van der Waals surface area contributed by atoms with Crippen LogP contribution in [0.3, 0.4) is 0 Å². The number of sulfone groups is 1. The SMILES string of the molecule is CS(=O)(=O)c1ccc(-c2[c]cccc2)c(Cl)c1. The molecule has 2 rings (SSSR count). The second-order valence-electron chi connectivity index (χ2n) is 3.69. The van der Waals surface area contributed by atoms with Crippen LogP contribution in [-0.4, -0.2) is 14.7 Å². The fourth-order valence-electron chi connectivity index (χ4n) is 1.51. The van der Waals surface area contributed by atoms with E-state index in [-0.39, 0.29) is 4.90 Å². The van der Waals surface area contributed by atoms with Crippen LogP contribution in [0.4, 0.5) is 0 Å². The normalized spacial score (nSPS) is 11.4. The molecular formula is C13H10ClO2S. The van der Waals surface area contributed by atoms with Gasteiger partial charge in [0.1, 0.15) is 0 Å². The molecule has 0 atom stereocenters. The van der Waals surface area contributed by atoms with Gasteiger partial charge in [0.2, 0.25) is 0 Å².